The minimum absolute atomic E-state index is 0.0234. The minimum Gasteiger partial charge on any atom is -0.392 e. The number of aliphatic hydroxyl groups excluding tert-OH is 2. The number of allylic oxidation sites excluding steroid dienone is 1. The highest BCUT2D eigenvalue weighted by atomic mass is 32.2. The molecule has 1 amide bonds. The first-order valence-electron chi connectivity index (χ1n) is 12.1. The quantitative estimate of drug-likeness (QED) is 0.514. The molecule has 2 saturated carbocycles. The third-order valence-corrected chi connectivity index (χ3v) is 11.4. The van der Waals surface area contributed by atoms with Crippen LogP contribution in [0.5, 0.6) is 0 Å². The molecular weight excluding hydrogens is 442 g/mol. The fraction of sp³-hybridized carbons (Fsp3) is 0.840. The maximum absolute atomic E-state index is 13.3. The van der Waals surface area contributed by atoms with Crippen molar-refractivity contribution in [2.75, 3.05) is 5.75 Å². The number of sulfonamides is 1. The van der Waals surface area contributed by atoms with E-state index in [0.717, 1.165) is 17.1 Å². The average molecular weight is 484 g/mol. The zero-order valence-corrected chi connectivity index (χ0v) is 21.9. The van der Waals surface area contributed by atoms with Gasteiger partial charge in [-0.1, -0.05) is 53.7 Å². The molecular formula is C25H41NO6S. The number of rotatable bonds is 8. The van der Waals surface area contributed by atoms with Gasteiger partial charge < -0.3 is 10.2 Å². The first-order chi connectivity index (χ1) is 15.0. The molecule has 1 spiro atoms. The lowest BCUT2D eigenvalue weighted by Gasteiger charge is -2.37. The van der Waals surface area contributed by atoms with Gasteiger partial charge in [0.2, 0.25) is 15.9 Å². The van der Waals surface area contributed by atoms with Gasteiger partial charge in [-0.05, 0) is 37.5 Å². The largest absolute Gasteiger partial charge is 0.392 e. The Morgan fingerprint density at radius 2 is 1.82 bits per heavy atom. The van der Waals surface area contributed by atoms with Crippen LogP contribution in [0.3, 0.4) is 0 Å². The van der Waals surface area contributed by atoms with Gasteiger partial charge in [-0.25, -0.2) is 12.7 Å². The maximum atomic E-state index is 13.3. The molecule has 7 atom stereocenters. The van der Waals surface area contributed by atoms with E-state index in [1.807, 2.05) is 26.0 Å². The Morgan fingerprint density at radius 3 is 2.36 bits per heavy atom. The van der Waals surface area contributed by atoms with Crippen LogP contribution >= 0.6 is 0 Å². The van der Waals surface area contributed by atoms with Crippen molar-refractivity contribution in [2.45, 2.75) is 92.4 Å². The van der Waals surface area contributed by atoms with Crippen molar-refractivity contribution in [2.24, 2.45) is 34.0 Å². The Kier molecular flexibility index (Phi) is 6.75. The zero-order valence-electron chi connectivity index (χ0n) is 21.0. The van der Waals surface area contributed by atoms with Gasteiger partial charge >= 0.3 is 0 Å². The molecule has 0 aromatic rings. The molecule has 2 bridgehead atoms. The van der Waals surface area contributed by atoms with Crippen LogP contribution in [0, 0.1) is 34.0 Å². The average Bonchev–Trinajstić information content (AvgIpc) is 3.19. The molecule has 1 heterocycles. The summed E-state index contributed by atoms with van der Waals surface area (Å²) >= 11 is 0. The van der Waals surface area contributed by atoms with Crippen molar-refractivity contribution in [1.82, 2.24) is 4.31 Å². The molecule has 0 aromatic heterocycles. The summed E-state index contributed by atoms with van der Waals surface area (Å²) in [6.07, 6.45) is 3.34. The molecule has 0 aromatic carbocycles. The van der Waals surface area contributed by atoms with E-state index >= 15 is 0 Å². The SMILES string of the molecule is CC=C[C@H](C)[C@H](O)[C@@H](C)C(=O)C(C)(C)[C@@H](O)CC(=O)N1C2CC3CCC2(CS1(=O)=O)C3(C)C. The van der Waals surface area contributed by atoms with Crippen LogP contribution in [0.15, 0.2) is 12.2 Å². The van der Waals surface area contributed by atoms with Crippen LogP contribution in [-0.4, -0.2) is 58.6 Å². The van der Waals surface area contributed by atoms with Crippen molar-refractivity contribution >= 4 is 21.7 Å². The van der Waals surface area contributed by atoms with E-state index in [1.165, 1.54) is 0 Å². The highest BCUT2D eigenvalue weighted by molar-refractivity contribution is 7.90. The number of amides is 1. The normalized spacial score (nSPS) is 33.7. The number of ketones is 1. The Bertz CT molecular complexity index is 939. The van der Waals surface area contributed by atoms with Crippen molar-refractivity contribution in [3.8, 4) is 0 Å². The molecule has 2 aliphatic carbocycles. The van der Waals surface area contributed by atoms with E-state index in [1.54, 1.807) is 20.8 Å². The molecule has 3 aliphatic rings. The smallest absolute Gasteiger partial charge is 0.238 e. The van der Waals surface area contributed by atoms with Crippen molar-refractivity contribution in [3.63, 3.8) is 0 Å². The summed E-state index contributed by atoms with van der Waals surface area (Å²) in [6, 6.07) is -0.364. The molecule has 3 unspecified atom stereocenters. The van der Waals surface area contributed by atoms with Crippen LogP contribution in [0.4, 0.5) is 0 Å². The van der Waals surface area contributed by atoms with Crippen molar-refractivity contribution in [3.05, 3.63) is 12.2 Å². The Balaban J connectivity index is 1.77. The Labute approximate surface area is 198 Å². The number of carbonyl (C=O) groups excluding carboxylic acids is 2. The fourth-order valence-corrected chi connectivity index (χ4v) is 9.47. The van der Waals surface area contributed by atoms with Crippen LogP contribution in [0.25, 0.3) is 0 Å². The second-order valence-corrected chi connectivity index (χ2v) is 13.6. The molecule has 7 nitrogen and oxygen atoms in total. The summed E-state index contributed by atoms with van der Waals surface area (Å²) in [6.45, 7) is 12.6. The van der Waals surface area contributed by atoms with Gasteiger partial charge in [-0.2, -0.15) is 0 Å². The predicted molar refractivity (Wildman–Crippen MR) is 127 cm³/mol. The number of hydrogen-bond acceptors (Lipinski definition) is 6. The van der Waals surface area contributed by atoms with E-state index in [0.29, 0.717) is 12.3 Å². The summed E-state index contributed by atoms with van der Waals surface area (Å²) in [5.74, 6) is -1.61. The lowest BCUT2D eigenvalue weighted by molar-refractivity contribution is -0.144. The monoisotopic (exact) mass is 483 g/mol. The zero-order chi connectivity index (χ0) is 25.1. The highest BCUT2D eigenvalue weighted by Gasteiger charge is 2.72. The molecule has 33 heavy (non-hydrogen) atoms. The molecule has 3 rings (SSSR count). The molecule has 1 saturated heterocycles. The second kappa shape index (κ2) is 8.45. The first-order valence-corrected chi connectivity index (χ1v) is 13.7. The van der Waals surface area contributed by atoms with Gasteiger partial charge in [-0.15, -0.1) is 0 Å². The van der Waals surface area contributed by atoms with Gasteiger partial charge in [0, 0.05) is 17.3 Å². The molecule has 8 heteroatoms. The van der Waals surface area contributed by atoms with Crippen LogP contribution in [0.1, 0.15) is 74.1 Å². The second-order valence-electron chi connectivity index (χ2n) is 11.8. The number of nitrogens with zero attached hydrogens (tertiary/aromatic N) is 1. The molecule has 3 fully saturated rings. The summed E-state index contributed by atoms with van der Waals surface area (Å²) < 4.78 is 27.3. The van der Waals surface area contributed by atoms with Gasteiger partial charge in [-0.3, -0.25) is 9.59 Å². The van der Waals surface area contributed by atoms with E-state index in [9.17, 15) is 28.2 Å². The Morgan fingerprint density at radius 1 is 1.21 bits per heavy atom. The summed E-state index contributed by atoms with van der Waals surface area (Å²) in [7, 11) is -3.78. The summed E-state index contributed by atoms with van der Waals surface area (Å²) in [4.78, 5) is 26.5. The van der Waals surface area contributed by atoms with Gasteiger partial charge in [0.25, 0.3) is 0 Å². The molecule has 0 radical (unpaired) electrons. The van der Waals surface area contributed by atoms with E-state index in [4.69, 9.17) is 0 Å². The standard InChI is InChI=1S/C25H41NO6S/c1-8-9-15(2)21(29)16(3)22(30)23(4,5)19(27)13-20(28)26-18-12-17-10-11-25(18,24(17,6)7)14-33(26,31)32/h8-9,15-19,21,27,29H,10-14H2,1-7H3/t15-,16+,17?,18?,19-,21-,25?/m0/s1. The van der Waals surface area contributed by atoms with Crippen LogP contribution in [-0.2, 0) is 19.6 Å². The molecule has 1 aliphatic heterocycles. The fourth-order valence-electron chi connectivity index (χ4n) is 6.91. The lowest BCUT2D eigenvalue weighted by Crippen LogP contribution is -2.48. The topological polar surface area (TPSA) is 112 Å². The van der Waals surface area contributed by atoms with Gasteiger partial charge in [0.15, 0.2) is 0 Å². The van der Waals surface area contributed by atoms with E-state index in [-0.39, 0.29) is 28.9 Å². The molecule has 2 N–H and O–H groups in total. The van der Waals surface area contributed by atoms with Gasteiger partial charge in [0.05, 0.1) is 35.8 Å². The van der Waals surface area contributed by atoms with Crippen LogP contribution in [0.2, 0.25) is 0 Å². The predicted octanol–water partition coefficient (Wildman–Crippen LogP) is 2.91. The first kappa shape index (κ1) is 26.4. The molecule has 188 valence electrons. The van der Waals surface area contributed by atoms with E-state index < -0.39 is 51.3 Å². The van der Waals surface area contributed by atoms with Crippen LogP contribution < -0.4 is 0 Å². The van der Waals surface area contributed by atoms with Gasteiger partial charge in [0.1, 0.15) is 5.78 Å². The third kappa shape index (κ3) is 3.90. The highest BCUT2D eigenvalue weighted by Crippen LogP contribution is 2.70. The van der Waals surface area contributed by atoms with Crippen molar-refractivity contribution < 1.29 is 28.2 Å². The minimum atomic E-state index is -3.78. The summed E-state index contributed by atoms with van der Waals surface area (Å²) in [5.41, 5.74) is -1.90. The maximum Gasteiger partial charge on any atom is 0.238 e. The number of hydrogen-bond donors (Lipinski definition) is 2. The summed E-state index contributed by atoms with van der Waals surface area (Å²) in [5, 5.41) is 21.5. The third-order valence-electron chi connectivity index (χ3n) is 9.45. The Hall–Kier alpha value is -1.25. The number of carbonyl (C=O) groups is 2. The van der Waals surface area contributed by atoms with E-state index in [2.05, 4.69) is 13.8 Å². The number of fused-ring (bicyclic) bond motifs is 1. The number of Topliss-reactive ketones (excluding diaryl/α,β-unsaturated/α-hetero) is 1. The van der Waals surface area contributed by atoms with Crippen molar-refractivity contribution in [1.29, 1.82) is 0 Å². The number of aliphatic hydroxyl groups is 2. The lowest BCUT2D eigenvalue weighted by atomic mass is 9.69.